The lowest BCUT2D eigenvalue weighted by atomic mass is 9.95. The fraction of sp³-hybridized carbons (Fsp3) is 0.231. The quantitative estimate of drug-likeness (QED) is 0.325. The molecule has 0 atom stereocenters. The number of nitrogens with zero attached hydrogens (tertiary/aromatic N) is 2. The molecule has 2 aromatic carbocycles. The highest BCUT2D eigenvalue weighted by Crippen LogP contribution is 2.25. The maximum absolute atomic E-state index is 15.0. The van der Waals surface area contributed by atoms with E-state index in [0.29, 0.717) is 52.2 Å². The number of aromatic nitrogens is 2. The fourth-order valence-corrected chi connectivity index (χ4v) is 4.97. The molecule has 1 amide bonds. The number of fused-ring (bicyclic) bond motifs is 2. The van der Waals surface area contributed by atoms with Crippen LogP contribution in [0.5, 0.6) is 0 Å². The largest absolute Gasteiger partial charge is 0.354 e. The number of aromatic amines is 1. The number of H-pyrrole nitrogens is 1. The second-order valence-corrected chi connectivity index (χ2v) is 10.4. The molecule has 0 saturated carbocycles. The summed E-state index contributed by atoms with van der Waals surface area (Å²) < 4.78 is 37.3. The van der Waals surface area contributed by atoms with Crippen LogP contribution in [0.1, 0.15) is 36.2 Å². The molecule has 3 heterocycles. The molecule has 1 fully saturated rings. The zero-order chi connectivity index (χ0) is 25.6. The lowest BCUT2D eigenvalue weighted by Gasteiger charge is -2.27. The first-order valence-electron chi connectivity index (χ1n) is 11.4. The summed E-state index contributed by atoms with van der Waals surface area (Å²) in [5.41, 5.74) is 0.284. The lowest BCUT2D eigenvalue weighted by Crippen LogP contribution is -2.41. The van der Waals surface area contributed by atoms with Crippen molar-refractivity contribution in [1.82, 2.24) is 15.3 Å². The zero-order valence-corrected chi connectivity index (χ0v) is 20.4. The van der Waals surface area contributed by atoms with E-state index in [1.807, 2.05) is 4.90 Å². The number of amides is 1. The number of carbonyl (C=O) groups excluding carboxylic acids is 1. The number of nitrogens with one attached hydrogen (secondary N) is 2. The first kappa shape index (κ1) is 23.7. The molecular formula is C26H23FN4O4S. The van der Waals surface area contributed by atoms with Crippen LogP contribution in [0.3, 0.4) is 0 Å². The Morgan fingerprint density at radius 3 is 2.58 bits per heavy atom. The van der Waals surface area contributed by atoms with Gasteiger partial charge in [-0.2, -0.15) is 8.42 Å². The molecule has 2 N–H and O–H groups in total. The number of benzene rings is 2. The van der Waals surface area contributed by atoms with Gasteiger partial charge in [-0.25, -0.2) is 9.37 Å². The van der Waals surface area contributed by atoms with Crippen molar-refractivity contribution in [2.45, 2.75) is 25.8 Å². The normalized spacial score (nSPS) is 14.0. The van der Waals surface area contributed by atoms with Gasteiger partial charge >= 0.3 is 0 Å². The highest BCUT2D eigenvalue weighted by atomic mass is 32.2. The standard InChI is InChI=1S/C26H23FN4O4S/c1-26(2,15-7-8-23(28-13-15)31-10-9-16(14-31)36(34)35)30-25(33)18-12-22-19(11-20(18)27)24(32)17-5-3-4-6-21(17)29-22/h3-8,11-13H,9-10,14H2,1-2H3,(H,29,32)(H,30,33). The Labute approximate surface area is 207 Å². The van der Waals surface area contributed by atoms with Gasteiger partial charge in [-0.05, 0) is 49.7 Å². The van der Waals surface area contributed by atoms with Gasteiger partial charge in [-0.3, -0.25) is 9.59 Å². The molecule has 1 aliphatic heterocycles. The zero-order valence-electron chi connectivity index (χ0n) is 19.6. The maximum Gasteiger partial charge on any atom is 0.255 e. The summed E-state index contributed by atoms with van der Waals surface area (Å²) in [5, 5.41) is 3.47. The minimum absolute atomic E-state index is 0.171. The Bertz CT molecular complexity index is 1720. The molecule has 0 bridgehead atoms. The molecule has 184 valence electrons. The second-order valence-electron chi connectivity index (χ2n) is 9.31. The minimum atomic E-state index is -2.20. The molecule has 0 radical (unpaired) electrons. The Morgan fingerprint density at radius 2 is 1.89 bits per heavy atom. The number of carbonyl (C=O) groups is 1. The van der Waals surface area contributed by atoms with Gasteiger partial charge in [0.1, 0.15) is 11.6 Å². The van der Waals surface area contributed by atoms with E-state index in [0.717, 1.165) is 6.07 Å². The van der Waals surface area contributed by atoms with Crippen LogP contribution in [-0.4, -0.2) is 42.2 Å². The summed E-state index contributed by atoms with van der Waals surface area (Å²) in [7, 11) is -2.20. The topological polar surface area (TPSA) is 112 Å². The van der Waals surface area contributed by atoms with Crippen molar-refractivity contribution >= 4 is 48.7 Å². The van der Waals surface area contributed by atoms with Crippen molar-refractivity contribution in [3.63, 3.8) is 0 Å². The number of anilines is 1. The summed E-state index contributed by atoms with van der Waals surface area (Å²) in [6.45, 7) is 4.42. The van der Waals surface area contributed by atoms with E-state index < -0.39 is 27.6 Å². The van der Waals surface area contributed by atoms with Gasteiger partial charge in [0.15, 0.2) is 5.43 Å². The van der Waals surface area contributed by atoms with Gasteiger partial charge in [-0.15, -0.1) is 0 Å². The van der Waals surface area contributed by atoms with Crippen LogP contribution in [0.4, 0.5) is 10.2 Å². The van der Waals surface area contributed by atoms with E-state index in [-0.39, 0.29) is 16.4 Å². The van der Waals surface area contributed by atoms with E-state index in [1.165, 1.54) is 6.07 Å². The van der Waals surface area contributed by atoms with Gasteiger partial charge in [0.25, 0.3) is 5.91 Å². The molecule has 0 aliphatic carbocycles. The summed E-state index contributed by atoms with van der Waals surface area (Å²) >= 11 is 0. The lowest BCUT2D eigenvalue weighted by molar-refractivity contribution is 0.0908. The average Bonchev–Trinajstić information content (AvgIpc) is 3.35. The molecule has 1 saturated heterocycles. The molecule has 1 aliphatic rings. The molecule has 5 rings (SSSR count). The molecule has 0 spiro atoms. The summed E-state index contributed by atoms with van der Waals surface area (Å²) in [6, 6.07) is 13.0. The van der Waals surface area contributed by atoms with E-state index >= 15 is 0 Å². The van der Waals surface area contributed by atoms with Crippen molar-refractivity contribution in [2.75, 3.05) is 18.0 Å². The van der Waals surface area contributed by atoms with E-state index in [2.05, 4.69) is 15.3 Å². The summed E-state index contributed by atoms with van der Waals surface area (Å²) in [6.07, 6.45) is 2.08. The van der Waals surface area contributed by atoms with Crippen LogP contribution in [0.2, 0.25) is 0 Å². The SMILES string of the molecule is CC(C)(NC(=O)c1cc2[nH]c3ccccc3c(=O)c2cc1F)c1ccc(N2CCC(=S(=O)=O)C2)nc1. The maximum atomic E-state index is 15.0. The van der Waals surface area contributed by atoms with Crippen LogP contribution >= 0.6 is 0 Å². The number of halogens is 1. The van der Waals surface area contributed by atoms with E-state index in [1.54, 1.807) is 56.4 Å². The minimum Gasteiger partial charge on any atom is -0.354 e. The fourth-order valence-electron chi connectivity index (χ4n) is 4.45. The average molecular weight is 507 g/mol. The van der Waals surface area contributed by atoms with Crippen molar-refractivity contribution in [3.8, 4) is 0 Å². The first-order chi connectivity index (χ1) is 17.1. The van der Waals surface area contributed by atoms with Crippen molar-refractivity contribution in [3.05, 3.63) is 81.9 Å². The van der Waals surface area contributed by atoms with Crippen LogP contribution in [0, 0.1) is 5.82 Å². The third kappa shape index (κ3) is 4.24. The van der Waals surface area contributed by atoms with Crippen LogP contribution < -0.4 is 15.6 Å². The number of hydrogen-bond acceptors (Lipinski definition) is 6. The van der Waals surface area contributed by atoms with Crippen LogP contribution in [-0.2, 0) is 15.8 Å². The van der Waals surface area contributed by atoms with Crippen molar-refractivity contribution < 1.29 is 17.6 Å². The highest BCUT2D eigenvalue weighted by Gasteiger charge is 2.27. The van der Waals surface area contributed by atoms with E-state index in [4.69, 9.17) is 0 Å². The second kappa shape index (κ2) is 8.87. The highest BCUT2D eigenvalue weighted by molar-refractivity contribution is 7.73. The first-order valence-corrected chi connectivity index (χ1v) is 12.4. The van der Waals surface area contributed by atoms with Gasteiger partial charge < -0.3 is 15.2 Å². The monoisotopic (exact) mass is 506 g/mol. The van der Waals surface area contributed by atoms with Gasteiger partial charge in [0.2, 0.25) is 10.3 Å². The Morgan fingerprint density at radius 1 is 1.11 bits per heavy atom. The van der Waals surface area contributed by atoms with Gasteiger partial charge in [0.05, 0.1) is 28.0 Å². The van der Waals surface area contributed by atoms with Gasteiger partial charge in [0, 0.05) is 35.5 Å². The molecule has 0 unspecified atom stereocenters. The van der Waals surface area contributed by atoms with Crippen molar-refractivity contribution in [1.29, 1.82) is 0 Å². The van der Waals surface area contributed by atoms with Gasteiger partial charge in [-0.1, -0.05) is 18.2 Å². The smallest absolute Gasteiger partial charge is 0.255 e. The number of hydrogen-bond donors (Lipinski definition) is 2. The Hall–Kier alpha value is -4.05. The van der Waals surface area contributed by atoms with Crippen LogP contribution in [0.15, 0.2) is 59.5 Å². The molecular weight excluding hydrogens is 483 g/mol. The van der Waals surface area contributed by atoms with E-state index in [9.17, 15) is 22.4 Å². The summed E-state index contributed by atoms with van der Waals surface area (Å²) in [4.78, 5) is 35.7. The molecule has 8 nitrogen and oxygen atoms in total. The molecule has 10 heteroatoms. The Balaban J connectivity index is 1.41. The number of pyridine rings is 2. The Kier molecular flexibility index (Phi) is 5.83. The van der Waals surface area contributed by atoms with Crippen LogP contribution in [0.25, 0.3) is 21.8 Å². The number of para-hydroxylation sites is 1. The molecule has 36 heavy (non-hydrogen) atoms. The third-order valence-electron chi connectivity index (χ3n) is 6.52. The molecule has 4 aromatic rings. The van der Waals surface area contributed by atoms with Crippen molar-refractivity contribution in [2.24, 2.45) is 0 Å². The number of rotatable bonds is 4. The molecule has 2 aromatic heterocycles. The predicted octanol–water partition coefficient (Wildman–Crippen LogP) is 3.14. The summed E-state index contributed by atoms with van der Waals surface area (Å²) in [5.74, 6) is -0.783. The third-order valence-corrected chi connectivity index (χ3v) is 7.33. The predicted molar refractivity (Wildman–Crippen MR) is 138 cm³/mol.